The zero-order valence-corrected chi connectivity index (χ0v) is 18.2. The number of aliphatic imine (C=N–C) groups is 1. The first-order chi connectivity index (χ1) is 15.3. The Morgan fingerprint density at radius 1 is 1.00 bits per heavy atom. The van der Waals surface area contributed by atoms with Crippen LogP contribution in [-0.2, 0) is 0 Å². The summed E-state index contributed by atoms with van der Waals surface area (Å²) >= 11 is 12.4. The number of anilines is 1. The molecule has 0 bridgehead atoms. The molecule has 0 aliphatic heterocycles. The van der Waals surface area contributed by atoms with Crippen LogP contribution in [-0.4, -0.2) is 20.7 Å². The molecule has 0 saturated carbocycles. The predicted octanol–water partition coefficient (Wildman–Crippen LogP) is 5.10. The molecule has 162 valence electrons. The predicted molar refractivity (Wildman–Crippen MR) is 123 cm³/mol. The van der Waals surface area contributed by atoms with Gasteiger partial charge in [0, 0.05) is 5.69 Å². The normalized spacial score (nSPS) is 11.7. The minimum absolute atomic E-state index is 0.0107. The molecule has 3 aromatic carbocycles. The largest absolute Gasteiger partial charge is 0.871 e. The molecule has 32 heavy (non-hydrogen) atoms. The van der Waals surface area contributed by atoms with Crippen LogP contribution in [0.1, 0.15) is 12.5 Å². The fraction of sp³-hybridized carbons (Fsp3) is 0.0435. The number of benzene rings is 3. The van der Waals surface area contributed by atoms with E-state index in [2.05, 4.69) is 4.99 Å². The van der Waals surface area contributed by atoms with Crippen molar-refractivity contribution in [2.75, 3.05) is 5.23 Å². The van der Waals surface area contributed by atoms with Crippen LogP contribution in [0.2, 0.25) is 10.0 Å². The van der Waals surface area contributed by atoms with Gasteiger partial charge in [-0.25, -0.2) is 4.99 Å². The van der Waals surface area contributed by atoms with Gasteiger partial charge < -0.3 is 5.11 Å². The maximum absolute atomic E-state index is 13.5. The SMILES string of the molecule is CC(=Nc1c(Cl)cc(N(O)O)cc1Cl)c1c([O-])c2ccccc2n(-c2ccccc2)c1=O. The van der Waals surface area contributed by atoms with E-state index < -0.39 is 11.3 Å². The van der Waals surface area contributed by atoms with Gasteiger partial charge >= 0.3 is 0 Å². The van der Waals surface area contributed by atoms with Crippen molar-refractivity contribution in [1.82, 2.24) is 4.57 Å². The molecule has 1 aromatic heterocycles. The van der Waals surface area contributed by atoms with E-state index in [1.165, 1.54) is 23.6 Å². The molecule has 4 aromatic rings. The number of fused-ring (bicyclic) bond motifs is 1. The second kappa shape index (κ2) is 8.64. The first-order valence-electron chi connectivity index (χ1n) is 9.42. The summed E-state index contributed by atoms with van der Waals surface area (Å²) in [5, 5.41) is 31.9. The average molecular weight is 469 g/mol. The monoisotopic (exact) mass is 468 g/mol. The van der Waals surface area contributed by atoms with Gasteiger partial charge in [-0.05, 0) is 42.6 Å². The van der Waals surface area contributed by atoms with Crippen molar-refractivity contribution in [2.24, 2.45) is 4.99 Å². The molecule has 1 heterocycles. The molecule has 0 radical (unpaired) electrons. The summed E-state index contributed by atoms with van der Waals surface area (Å²) in [4.78, 5) is 17.8. The lowest BCUT2D eigenvalue weighted by atomic mass is 10.1. The molecule has 0 fully saturated rings. The maximum atomic E-state index is 13.5. The van der Waals surface area contributed by atoms with Crippen molar-refractivity contribution in [3.8, 4) is 11.4 Å². The van der Waals surface area contributed by atoms with Crippen molar-refractivity contribution in [2.45, 2.75) is 6.92 Å². The Kier molecular flexibility index (Phi) is 5.90. The molecule has 2 N–H and O–H groups in total. The van der Waals surface area contributed by atoms with Gasteiger partial charge in [0.25, 0.3) is 5.56 Å². The second-order valence-electron chi connectivity index (χ2n) is 6.94. The van der Waals surface area contributed by atoms with E-state index in [4.69, 9.17) is 23.2 Å². The van der Waals surface area contributed by atoms with Crippen molar-refractivity contribution >= 4 is 51.2 Å². The number of para-hydroxylation sites is 2. The molecular weight excluding hydrogens is 453 g/mol. The van der Waals surface area contributed by atoms with E-state index in [1.54, 1.807) is 48.5 Å². The molecule has 4 rings (SSSR count). The standard InChI is InChI=1S/C23H17Cl2N3O4/c1-13(26-21-17(24)11-15(28(31)32)12-18(21)25)20-22(29)16-9-5-6-10-19(16)27(23(20)30)14-7-3-2-4-8-14/h2-12,29,31-32H,1H3/p-1. The van der Waals surface area contributed by atoms with Gasteiger partial charge in [0.15, 0.2) is 0 Å². The first kappa shape index (κ1) is 21.9. The second-order valence-corrected chi connectivity index (χ2v) is 7.76. The number of halogens is 2. The summed E-state index contributed by atoms with van der Waals surface area (Å²) in [6.45, 7) is 1.52. The highest BCUT2D eigenvalue weighted by Gasteiger charge is 2.17. The summed E-state index contributed by atoms with van der Waals surface area (Å²) in [6.07, 6.45) is 0. The molecule has 0 amide bonds. The minimum atomic E-state index is -0.526. The van der Waals surface area contributed by atoms with E-state index in [-0.39, 0.29) is 37.9 Å². The highest BCUT2D eigenvalue weighted by molar-refractivity contribution is 6.39. The fourth-order valence-electron chi connectivity index (χ4n) is 3.46. The summed E-state index contributed by atoms with van der Waals surface area (Å²) in [5.41, 5.74) is 0.590. The van der Waals surface area contributed by atoms with Crippen molar-refractivity contribution in [1.29, 1.82) is 0 Å². The fourth-order valence-corrected chi connectivity index (χ4v) is 4.02. The number of hydrogen-bond donors (Lipinski definition) is 2. The van der Waals surface area contributed by atoms with Gasteiger partial charge in [0.05, 0.1) is 32.5 Å². The van der Waals surface area contributed by atoms with Crippen LogP contribution >= 0.6 is 23.2 Å². The summed E-state index contributed by atoms with van der Waals surface area (Å²) in [5.74, 6) is -0.459. The third kappa shape index (κ3) is 3.83. The molecule has 0 unspecified atom stereocenters. The van der Waals surface area contributed by atoms with Gasteiger partial charge in [-0.1, -0.05) is 65.3 Å². The Labute approximate surface area is 192 Å². The topological polar surface area (TPSA) is 101 Å². The molecule has 9 heteroatoms. The third-order valence-corrected chi connectivity index (χ3v) is 5.50. The van der Waals surface area contributed by atoms with Crippen LogP contribution in [0.3, 0.4) is 0 Å². The quantitative estimate of drug-likeness (QED) is 0.320. The van der Waals surface area contributed by atoms with E-state index in [0.717, 1.165) is 0 Å². The van der Waals surface area contributed by atoms with Gasteiger partial charge in [-0.3, -0.25) is 19.8 Å². The zero-order valence-electron chi connectivity index (χ0n) is 16.7. The van der Waals surface area contributed by atoms with Gasteiger partial charge in [-0.2, -0.15) is 0 Å². The van der Waals surface area contributed by atoms with E-state index in [9.17, 15) is 20.3 Å². The van der Waals surface area contributed by atoms with Crippen molar-refractivity contribution in [3.05, 3.63) is 92.7 Å². The number of rotatable bonds is 4. The number of pyridine rings is 1. The highest BCUT2D eigenvalue weighted by Crippen LogP contribution is 2.37. The molecule has 7 nitrogen and oxygen atoms in total. The molecule has 0 atom stereocenters. The van der Waals surface area contributed by atoms with E-state index in [1.807, 2.05) is 6.07 Å². The highest BCUT2D eigenvalue weighted by atomic mass is 35.5. The number of hydrogen-bond acceptors (Lipinski definition) is 6. The lowest BCUT2D eigenvalue weighted by Crippen LogP contribution is -2.27. The number of aromatic nitrogens is 1. The number of nitrogens with zero attached hydrogens (tertiary/aromatic N) is 3. The molecular formula is C23H16Cl2N3O4-. The maximum Gasteiger partial charge on any atom is 0.264 e. The minimum Gasteiger partial charge on any atom is -0.871 e. The van der Waals surface area contributed by atoms with E-state index in [0.29, 0.717) is 16.6 Å². The lowest BCUT2D eigenvalue weighted by molar-refractivity contribution is -0.266. The van der Waals surface area contributed by atoms with Crippen molar-refractivity contribution < 1.29 is 15.5 Å². The summed E-state index contributed by atoms with van der Waals surface area (Å²) < 4.78 is 1.47. The Balaban J connectivity index is 1.99. The van der Waals surface area contributed by atoms with Crippen LogP contribution in [0.15, 0.2) is 76.5 Å². The first-order valence-corrected chi connectivity index (χ1v) is 10.2. The van der Waals surface area contributed by atoms with E-state index >= 15 is 0 Å². The van der Waals surface area contributed by atoms with Crippen LogP contribution in [0, 0.1) is 0 Å². The summed E-state index contributed by atoms with van der Waals surface area (Å²) in [6, 6.07) is 18.3. The molecule has 0 saturated heterocycles. The van der Waals surface area contributed by atoms with Gasteiger partial charge in [-0.15, -0.1) is 5.23 Å². The smallest absolute Gasteiger partial charge is 0.264 e. The zero-order chi connectivity index (χ0) is 23.0. The Bertz CT molecular complexity index is 1390. The molecule has 0 aliphatic carbocycles. The van der Waals surface area contributed by atoms with Gasteiger partial charge in [0.2, 0.25) is 0 Å². The van der Waals surface area contributed by atoms with Crippen LogP contribution in [0.25, 0.3) is 16.6 Å². The van der Waals surface area contributed by atoms with Crippen LogP contribution in [0.4, 0.5) is 11.4 Å². The van der Waals surface area contributed by atoms with Crippen molar-refractivity contribution in [3.63, 3.8) is 0 Å². The van der Waals surface area contributed by atoms with Crippen LogP contribution in [0.5, 0.6) is 5.75 Å². The Morgan fingerprint density at radius 2 is 1.59 bits per heavy atom. The average Bonchev–Trinajstić information content (AvgIpc) is 2.77. The Morgan fingerprint density at radius 3 is 2.22 bits per heavy atom. The van der Waals surface area contributed by atoms with Gasteiger partial charge in [0.1, 0.15) is 5.69 Å². The summed E-state index contributed by atoms with van der Waals surface area (Å²) in [7, 11) is 0. The lowest BCUT2D eigenvalue weighted by Gasteiger charge is -2.21. The molecule has 0 spiro atoms. The Hall–Kier alpha value is -3.36. The molecule has 0 aliphatic rings. The van der Waals surface area contributed by atoms with Crippen LogP contribution < -0.4 is 15.9 Å². The third-order valence-electron chi connectivity index (χ3n) is 4.92.